The van der Waals surface area contributed by atoms with Gasteiger partial charge in [-0.3, -0.25) is 0 Å². The average molecular weight is 163 g/mol. The summed E-state index contributed by atoms with van der Waals surface area (Å²) in [6, 6.07) is 0. The molecule has 0 N–H and O–H groups in total. The van der Waals surface area contributed by atoms with E-state index in [4.69, 9.17) is 12.6 Å². The first-order chi connectivity index (χ1) is 5.36. The molecule has 11 heavy (non-hydrogen) atoms. The van der Waals surface area contributed by atoms with Gasteiger partial charge in [0, 0.05) is 12.4 Å². The zero-order chi connectivity index (χ0) is 7.68. The predicted molar refractivity (Wildman–Crippen MR) is 41.0 cm³/mol. The lowest BCUT2D eigenvalue weighted by Crippen LogP contribution is -1.89. The van der Waals surface area contributed by atoms with Crippen LogP contribution in [0.15, 0.2) is 23.7 Å². The Balaban J connectivity index is 2.83. The molecule has 0 aliphatic rings. The van der Waals surface area contributed by atoms with Gasteiger partial charge in [0.1, 0.15) is 5.52 Å². The van der Waals surface area contributed by atoms with Crippen LogP contribution in [0.2, 0.25) is 0 Å². The highest BCUT2D eigenvalue weighted by atomic mass is 32.1. The highest BCUT2D eigenvalue weighted by Crippen LogP contribution is 2.04. The molecule has 53 valence electrons. The van der Waals surface area contributed by atoms with Gasteiger partial charge in [0.25, 0.3) is 0 Å². The van der Waals surface area contributed by atoms with E-state index in [1.807, 2.05) is 0 Å². The van der Waals surface area contributed by atoms with Crippen LogP contribution in [0.25, 0.3) is 11.2 Å². The minimum absolute atomic E-state index is 0.304. The average Bonchev–Trinajstić information content (AvgIpc) is 2.04. The number of hydrogen-bond donors (Lipinski definition) is 0. The van der Waals surface area contributed by atoms with E-state index in [0.717, 1.165) is 0 Å². The van der Waals surface area contributed by atoms with Crippen LogP contribution in [0.1, 0.15) is 0 Å². The maximum Gasteiger partial charge on any atom is 0.221 e. The van der Waals surface area contributed by atoms with Crippen LogP contribution < -0.4 is 0 Å². The van der Waals surface area contributed by atoms with E-state index in [2.05, 4.69) is 19.9 Å². The maximum absolute atomic E-state index is 4.75. The molecule has 0 aliphatic heterocycles. The Morgan fingerprint density at radius 3 is 2.82 bits per heavy atom. The van der Waals surface area contributed by atoms with Gasteiger partial charge in [0.05, 0.1) is 6.20 Å². The third-order valence-electron chi connectivity index (χ3n) is 1.21. The summed E-state index contributed by atoms with van der Waals surface area (Å²) in [7, 11) is 0. The molecule has 0 bridgehead atoms. The number of nitrogens with zero attached hydrogens (tertiary/aromatic N) is 4. The van der Waals surface area contributed by atoms with E-state index in [1.165, 1.54) is 0 Å². The summed E-state index contributed by atoms with van der Waals surface area (Å²) in [6.45, 7) is 0. The lowest BCUT2D eigenvalue weighted by atomic mass is 10.5. The van der Waals surface area contributed by atoms with Gasteiger partial charge in [-0.05, 0) is 12.6 Å². The summed E-state index contributed by atoms with van der Waals surface area (Å²) in [5, 5.41) is 0.304. The summed E-state index contributed by atoms with van der Waals surface area (Å²) in [5.41, 5.74) is 1.22. The molecule has 2 aromatic rings. The summed E-state index contributed by atoms with van der Waals surface area (Å²) < 4.78 is 0. The van der Waals surface area contributed by atoms with E-state index < -0.39 is 0 Å². The Bertz CT molecular complexity index is 389. The lowest BCUT2D eigenvalue weighted by Gasteiger charge is -1.92. The van der Waals surface area contributed by atoms with Gasteiger partial charge in [-0.25, -0.2) is 15.0 Å². The van der Waals surface area contributed by atoms with Crippen LogP contribution >= 0.6 is 12.6 Å². The molecular weight excluding hydrogens is 160 g/mol. The smallest absolute Gasteiger partial charge is 0.221 e. The molecule has 2 heterocycles. The Labute approximate surface area is 68.1 Å². The molecule has 0 unspecified atom stereocenters. The van der Waals surface area contributed by atoms with Crippen LogP contribution in [-0.2, 0) is 0 Å². The lowest BCUT2D eigenvalue weighted by molar-refractivity contribution is 0.986. The molecule has 1 radical (unpaired) electrons. The topological polar surface area (TPSA) is 51.6 Å². The first-order valence-electron chi connectivity index (χ1n) is 2.97. The fourth-order valence-corrected chi connectivity index (χ4v) is 0.894. The van der Waals surface area contributed by atoms with Crippen molar-refractivity contribution in [3.05, 3.63) is 18.6 Å². The zero-order valence-electron chi connectivity index (χ0n) is 5.43. The molecule has 4 nitrogen and oxygen atoms in total. The summed E-state index contributed by atoms with van der Waals surface area (Å²) in [4.78, 5) is 15.7. The number of hydrogen-bond acceptors (Lipinski definition) is 4. The Kier molecular flexibility index (Phi) is 1.36. The van der Waals surface area contributed by atoms with Crippen LogP contribution in [0.3, 0.4) is 0 Å². The summed E-state index contributed by atoms with van der Waals surface area (Å²) in [5.74, 6) is 0. The highest BCUT2D eigenvalue weighted by molar-refractivity contribution is 7.80. The third kappa shape index (κ3) is 1.10. The minimum atomic E-state index is 0.304. The molecule has 0 amide bonds. The quantitative estimate of drug-likeness (QED) is 0.543. The second-order valence-corrected chi connectivity index (χ2v) is 2.28. The fraction of sp³-hybridized carbons (Fsp3) is 0. The van der Waals surface area contributed by atoms with Crippen molar-refractivity contribution in [3.63, 3.8) is 0 Å². The largest absolute Gasteiger partial charge is 0.250 e. The van der Waals surface area contributed by atoms with Crippen LogP contribution in [0.4, 0.5) is 0 Å². The molecule has 2 aromatic heterocycles. The summed E-state index contributed by atoms with van der Waals surface area (Å²) >= 11 is 4.75. The monoisotopic (exact) mass is 163 g/mol. The van der Waals surface area contributed by atoms with E-state index in [1.54, 1.807) is 18.6 Å². The van der Waals surface area contributed by atoms with Gasteiger partial charge in [0.15, 0.2) is 5.65 Å². The van der Waals surface area contributed by atoms with Crippen molar-refractivity contribution in [1.29, 1.82) is 0 Å². The molecule has 0 spiro atoms. The van der Waals surface area contributed by atoms with Crippen LogP contribution in [-0.4, -0.2) is 19.9 Å². The number of rotatable bonds is 0. The molecule has 5 heteroatoms. The highest BCUT2D eigenvalue weighted by Gasteiger charge is 1.96. The van der Waals surface area contributed by atoms with E-state index in [0.29, 0.717) is 16.3 Å². The first-order valence-corrected chi connectivity index (χ1v) is 3.38. The van der Waals surface area contributed by atoms with Crippen molar-refractivity contribution < 1.29 is 0 Å². The molecule has 0 aliphatic carbocycles. The normalized spacial score (nSPS) is 10.2. The Morgan fingerprint density at radius 1 is 1.09 bits per heavy atom. The Hall–Kier alpha value is -1.36. The van der Waals surface area contributed by atoms with Crippen LogP contribution in [0, 0.1) is 0 Å². The van der Waals surface area contributed by atoms with Gasteiger partial charge in [0.2, 0.25) is 5.16 Å². The fourth-order valence-electron chi connectivity index (χ4n) is 0.754. The second-order valence-electron chi connectivity index (χ2n) is 1.92. The third-order valence-corrected chi connectivity index (χ3v) is 1.40. The second kappa shape index (κ2) is 2.35. The van der Waals surface area contributed by atoms with E-state index >= 15 is 0 Å². The van der Waals surface area contributed by atoms with Crippen molar-refractivity contribution in [2.45, 2.75) is 5.16 Å². The van der Waals surface area contributed by atoms with Crippen molar-refractivity contribution >= 4 is 23.8 Å². The molecule has 0 aromatic carbocycles. The van der Waals surface area contributed by atoms with Crippen LogP contribution in [0.5, 0.6) is 0 Å². The predicted octanol–water partition coefficient (Wildman–Crippen LogP) is 0.976. The molecule has 0 atom stereocenters. The van der Waals surface area contributed by atoms with Gasteiger partial charge >= 0.3 is 0 Å². The van der Waals surface area contributed by atoms with Gasteiger partial charge < -0.3 is 0 Å². The molecule has 0 saturated heterocycles. The first kappa shape index (κ1) is 6.36. The van der Waals surface area contributed by atoms with E-state index in [-0.39, 0.29) is 0 Å². The van der Waals surface area contributed by atoms with Gasteiger partial charge in [-0.2, -0.15) is 4.98 Å². The minimum Gasteiger partial charge on any atom is -0.250 e. The number of fused-ring (bicyclic) bond motifs is 1. The van der Waals surface area contributed by atoms with Crippen molar-refractivity contribution in [2.75, 3.05) is 0 Å². The van der Waals surface area contributed by atoms with Crippen molar-refractivity contribution in [2.24, 2.45) is 0 Å². The van der Waals surface area contributed by atoms with Gasteiger partial charge in [-0.1, -0.05) is 0 Å². The molecule has 0 fully saturated rings. The molecule has 2 rings (SSSR count). The van der Waals surface area contributed by atoms with Crippen molar-refractivity contribution in [3.8, 4) is 0 Å². The summed E-state index contributed by atoms with van der Waals surface area (Å²) in [6.07, 6.45) is 4.73. The van der Waals surface area contributed by atoms with Gasteiger partial charge in [-0.15, -0.1) is 0 Å². The molecule has 0 saturated carbocycles. The van der Waals surface area contributed by atoms with Crippen molar-refractivity contribution in [1.82, 2.24) is 19.9 Å². The maximum atomic E-state index is 4.75. The number of aromatic nitrogens is 4. The Morgan fingerprint density at radius 2 is 1.91 bits per heavy atom. The SMILES string of the molecule is [S]c1ncc2nccnc2n1. The van der Waals surface area contributed by atoms with E-state index in [9.17, 15) is 0 Å². The molecular formula is C6H3N4S. The standard InChI is InChI=1S/C6H3N4S/c11-6-9-3-4-5(10-6)8-2-1-7-4/h1-3H. The zero-order valence-corrected chi connectivity index (χ0v) is 6.25.